The van der Waals surface area contributed by atoms with Gasteiger partial charge in [0.2, 0.25) is 0 Å². The first-order valence-corrected chi connectivity index (χ1v) is 5.36. The average Bonchev–Trinajstić information content (AvgIpc) is 2.95. The van der Waals surface area contributed by atoms with Gasteiger partial charge in [0.25, 0.3) is 0 Å². The third-order valence-electron chi connectivity index (χ3n) is 3.13. The molecule has 16 heavy (non-hydrogen) atoms. The molecule has 1 aromatic heterocycles. The van der Waals surface area contributed by atoms with Gasteiger partial charge in [-0.25, -0.2) is 4.68 Å². The molecular formula is C13H11N3. The molecule has 78 valence electrons. The summed E-state index contributed by atoms with van der Waals surface area (Å²) in [5.74, 6) is 0. The van der Waals surface area contributed by atoms with Crippen LogP contribution in [0.15, 0.2) is 42.7 Å². The van der Waals surface area contributed by atoms with Gasteiger partial charge in [0.15, 0.2) is 0 Å². The van der Waals surface area contributed by atoms with Gasteiger partial charge in [-0.05, 0) is 30.5 Å². The Labute approximate surface area is 93.9 Å². The molecule has 1 heterocycles. The fourth-order valence-corrected chi connectivity index (χ4v) is 2.06. The summed E-state index contributed by atoms with van der Waals surface area (Å²) in [4.78, 5) is 0. The van der Waals surface area contributed by atoms with Gasteiger partial charge in [-0.2, -0.15) is 10.4 Å². The minimum atomic E-state index is -0.261. The summed E-state index contributed by atoms with van der Waals surface area (Å²) in [6.07, 6.45) is 5.58. The van der Waals surface area contributed by atoms with Crippen LogP contribution in [0.25, 0.3) is 5.69 Å². The van der Waals surface area contributed by atoms with Crippen molar-refractivity contribution in [3.8, 4) is 11.8 Å². The van der Waals surface area contributed by atoms with Crippen molar-refractivity contribution in [2.75, 3.05) is 0 Å². The molecule has 1 fully saturated rings. The van der Waals surface area contributed by atoms with Gasteiger partial charge in [-0.3, -0.25) is 0 Å². The smallest absolute Gasteiger partial charge is 0.0844 e. The normalized spacial score (nSPS) is 16.7. The van der Waals surface area contributed by atoms with Crippen LogP contribution < -0.4 is 0 Å². The Morgan fingerprint density at radius 2 is 2.06 bits per heavy atom. The number of benzene rings is 1. The van der Waals surface area contributed by atoms with Gasteiger partial charge in [0, 0.05) is 12.4 Å². The maximum Gasteiger partial charge on any atom is 0.0844 e. The Kier molecular flexibility index (Phi) is 1.84. The minimum Gasteiger partial charge on any atom is -0.241 e. The van der Waals surface area contributed by atoms with Crippen molar-refractivity contribution in [3.63, 3.8) is 0 Å². The summed E-state index contributed by atoms with van der Waals surface area (Å²) >= 11 is 0. The predicted molar refractivity (Wildman–Crippen MR) is 60.1 cm³/mol. The second kappa shape index (κ2) is 3.21. The molecule has 1 aromatic carbocycles. The molecule has 0 amide bonds. The predicted octanol–water partition coefficient (Wildman–Crippen LogP) is 2.43. The summed E-state index contributed by atoms with van der Waals surface area (Å²) in [5, 5.41) is 13.5. The quantitative estimate of drug-likeness (QED) is 0.762. The van der Waals surface area contributed by atoms with E-state index in [2.05, 4.69) is 11.2 Å². The molecule has 3 nitrogen and oxygen atoms in total. The fraction of sp³-hybridized carbons (Fsp3) is 0.231. The van der Waals surface area contributed by atoms with Crippen LogP contribution in [-0.2, 0) is 5.41 Å². The Morgan fingerprint density at radius 3 is 2.69 bits per heavy atom. The van der Waals surface area contributed by atoms with Crippen LogP contribution in [-0.4, -0.2) is 9.78 Å². The number of aromatic nitrogens is 2. The van der Waals surface area contributed by atoms with Crippen LogP contribution in [0.2, 0.25) is 0 Å². The van der Waals surface area contributed by atoms with Gasteiger partial charge in [-0.1, -0.05) is 18.2 Å². The third-order valence-corrected chi connectivity index (χ3v) is 3.13. The first-order valence-electron chi connectivity index (χ1n) is 5.36. The highest BCUT2D eigenvalue weighted by Gasteiger charge is 2.46. The number of hydrogen-bond donors (Lipinski definition) is 0. The lowest BCUT2D eigenvalue weighted by Gasteiger charge is -2.12. The van der Waals surface area contributed by atoms with E-state index in [0.29, 0.717) is 0 Å². The SMILES string of the molecule is N#CC1(c2ccccc2-n2cccn2)CC1. The zero-order valence-corrected chi connectivity index (χ0v) is 8.80. The second-order valence-corrected chi connectivity index (χ2v) is 4.16. The monoisotopic (exact) mass is 209 g/mol. The van der Waals surface area contributed by atoms with E-state index >= 15 is 0 Å². The molecule has 0 aliphatic heterocycles. The number of hydrogen-bond acceptors (Lipinski definition) is 2. The number of rotatable bonds is 2. The van der Waals surface area contributed by atoms with Crippen LogP contribution in [0, 0.1) is 11.3 Å². The zero-order valence-electron chi connectivity index (χ0n) is 8.80. The van der Waals surface area contributed by atoms with Crippen LogP contribution >= 0.6 is 0 Å². The first kappa shape index (κ1) is 9.17. The third kappa shape index (κ3) is 1.24. The van der Waals surface area contributed by atoms with E-state index in [1.165, 1.54) is 0 Å². The molecule has 1 saturated carbocycles. The molecule has 0 unspecified atom stereocenters. The molecule has 0 N–H and O–H groups in total. The molecule has 0 radical (unpaired) electrons. The van der Waals surface area contributed by atoms with Crippen molar-refractivity contribution >= 4 is 0 Å². The lowest BCUT2D eigenvalue weighted by Crippen LogP contribution is -2.09. The average molecular weight is 209 g/mol. The maximum atomic E-state index is 9.25. The minimum absolute atomic E-state index is 0.261. The molecule has 0 atom stereocenters. The van der Waals surface area contributed by atoms with Gasteiger partial charge in [0.1, 0.15) is 0 Å². The highest BCUT2D eigenvalue weighted by atomic mass is 15.3. The highest BCUT2D eigenvalue weighted by molar-refractivity contribution is 5.51. The van der Waals surface area contributed by atoms with Crippen molar-refractivity contribution in [3.05, 3.63) is 48.3 Å². The van der Waals surface area contributed by atoms with E-state index in [1.807, 2.05) is 41.2 Å². The lowest BCUT2D eigenvalue weighted by atomic mass is 9.96. The van der Waals surface area contributed by atoms with Crippen LogP contribution in [0.5, 0.6) is 0 Å². The van der Waals surface area contributed by atoms with Gasteiger partial charge >= 0.3 is 0 Å². The highest BCUT2D eigenvalue weighted by Crippen LogP contribution is 2.49. The molecule has 3 heteroatoms. The zero-order chi connectivity index (χ0) is 11.0. The van der Waals surface area contributed by atoms with E-state index in [4.69, 9.17) is 0 Å². The van der Waals surface area contributed by atoms with E-state index in [-0.39, 0.29) is 5.41 Å². The lowest BCUT2D eigenvalue weighted by molar-refractivity contribution is 0.824. The molecule has 1 aliphatic rings. The van der Waals surface area contributed by atoms with Gasteiger partial charge in [-0.15, -0.1) is 0 Å². The summed E-state index contributed by atoms with van der Waals surface area (Å²) < 4.78 is 1.83. The Balaban J connectivity index is 2.17. The Hall–Kier alpha value is -2.08. The molecule has 2 aromatic rings. The maximum absolute atomic E-state index is 9.25. The molecule has 0 saturated heterocycles. The van der Waals surface area contributed by atoms with Crippen molar-refractivity contribution in [1.29, 1.82) is 5.26 Å². The van der Waals surface area contributed by atoms with E-state index in [9.17, 15) is 5.26 Å². The number of nitriles is 1. The van der Waals surface area contributed by atoms with Crippen LogP contribution in [0.3, 0.4) is 0 Å². The molecule has 0 spiro atoms. The topological polar surface area (TPSA) is 41.6 Å². The van der Waals surface area contributed by atoms with Gasteiger partial charge in [0.05, 0.1) is 17.2 Å². The Morgan fingerprint density at radius 1 is 1.25 bits per heavy atom. The van der Waals surface area contributed by atoms with Crippen molar-refractivity contribution in [1.82, 2.24) is 9.78 Å². The van der Waals surface area contributed by atoms with Crippen molar-refractivity contribution in [2.24, 2.45) is 0 Å². The standard InChI is InChI=1S/C13H11N3/c14-10-13(6-7-13)11-4-1-2-5-12(11)16-9-3-8-15-16/h1-5,8-9H,6-7H2. The summed E-state index contributed by atoms with van der Waals surface area (Å²) in [6, 6.07) is 12.3. The van der Waals surface area contributed by atoms with Crippen LogP contribution in [0.1, 0.15) is 18.4 Å². The van der Waals surface area contributed by atoms with E-state index in [1.54, 1.807) is 6.20 Å². The molecule has 3 rings (SSSR count). The largest absolute Gasteiger partial charge is 0.241 e. The first-order chi connectivity index (χ1) is 7.86. The molecule has 0 bridgehead atoms. The van der Waals surface area contributed by atoms with Crippen molar-refractivity contribution < 1.29 is 0 Å². The summed E-state index contributed by atoms with van der Waals surface area (Å²) in [7, 11) is 0. The second-order valence-electron chi connectivity index (χ2n) is 4.16. The molecular weight excluding hydrogens is 198 g/mol. The van der Waals surface area contributed by atoms with E-state index in [0.717, 1.165) is 24.1 Å². The van der Waals surface area contributed by atoms with Gasteiger partial charge < -0.3 is 0 Å². The molecule has 1 aliphatic carbocycles. The number of para-hydroxylation sites is 1. The fourth-order valence-electron chi connectivity index (χ4n) is 2.06. The summed E-state index contributed by atoms with van der Waals surface area (Å²) in [6.45, 7) is 0. The number of nitrogens with zero attached hydrogens (tertiary/aromatic N) is 3. The van der Waals surface area contributed by atoms with E-state index < -0.39 is 0 Å². The van der Waals surface area contributed by atoms with Crippen LogP contribution in [0.4, 0.5) is 0 Å². The Bertz CT molecular complexity index is 545. The summed E-state index contributed by atoms with van der Waals surface area (Å²) in [5.41, 5.74) is 1.86. The van der Waals surface area contributed by atoms with Crippen molar-refractivity contribution in [2.45, 2.75) is 18.3 Å².